The molecule has 110 valence electrons. The number of hydrogen-bond acceptors (Lipinski definition) is 4. The molecule has 2 fully saturated rings. The molecule has 1 aromatic heterocycles. The monoisotopic (exact) mass is 274 g/mol. The predicted molar refractivity (Wildman–Crippen MR) is 82.9 cm³/mol. The second kappa shape index (κ2) is 5.70. The molecule has 0 amide bonds. The van der Waals surface area contributed by atoms with Crippen molar-refractivity contribution in [3.63, 3.8) is 0 Å². The maximum Gasteiger partial charge on any atom is 0.128 e. The molecule has 2 N–H and O–H groups in total. The number of piperidine rings is 1. The minimum Gasteiger partial charge on any atom is -0.351 e. The lowest BCUT2D eigenvalue weighted by molar-refractivity contribution is 0.115. The van der Waals surface area contributed by atoms with Crippen LogP contribution < -0.4 is 10.6 Å². The number of nitrogens with two attached hydrogens (primary N) is 1. The Morgan fingerprint density at radius 3 is 2.85 bits per heavy atom. The van der Waals surface area contributed by atoms with Crippen LogP contribution in [0.3, 0.4) is 0 Å². The van der Waals surface area contributed by atoms with Crippen LogP contribution in [-0.2, 0) is 0 Å². The molecule has 2 saturated heterocycles. The van der Waals surface area contributed by atoms with E-state index in [0.717, 1.165) is 24.0 Å². The van der Waals surface area contributed by atoms with Crippen molar-refractivity contribution < 1.29 is 0 Å². The van der Waals surface area contributed by atoms with Crippen LogP contribution in [0.25, 0.3) is 0 Å². The van der Waals surface area contributed by atoms with Gasteiger partial charge in [0.05, 0.1) is 0 Å². The number of rotatable bonds is 2. The van der Waals surface area contributed by atoms with E-state index in [1.165, 1.54) is 32.4 Å². The molecule has 2 aliphatic heterocycles. The van der Waals surface area contributed by atoms with Crippen LogP contribution in [0.5, 0.6) is 0 Å². The van der Waals surface area contributed by atoms with E-state index in [1.54, 1.807) is 0 Å². The molecule has 3 heterocycles. The molecule has 4 nitrogen and oxygen atoms in total. The first-order valence-electron chi connectivity index (χ1n) is 7.87. The minimum absolute atomic E-state index is 0.0594. The Morgan fingerprint density at radius 1 is 1.30 bits per heavy atom. The Labute approximate surface area is 122 Å². The fourth-order valence-corrected chi connectivity index (χ4v) is 3.51. The predicted octanol–water partition coefficient (Wildman–Crippen LogP) is 2.16. The average Bonchev–Trinajstić information content (AvgIpc) is 2.46. The van der Waals surface area contributed by atoms with Gasteiger partial charge in [-0.2, -0.15) is 0 Å². The topological polar surface area (TPSA) is 45.4 Å². The Morgan fingerprint density at radius 2 is 2.15 bits per heavy atom. The van der Waals surface area contributed by atoms with Crippen LogP contribution in [0, 0.1) is 0 Å². The molecule has 0 aromatic carbocycles. The van der Waals surface area contributed by atoms with Gasteiger partial charge in [0.2, 0.25) is 0 Å². The largest absolute Gasteiger partial charge is 0.351 e. The lowest BCUT2D eigenvalue weighted by Crippen LogP contribution is -2.59. The van der Waals surface area contributed by atoms with Gasteiger partial charge in [-0.3, -0.25) is 4.90 Å². The van der Waals surface area contributed by atoms with E-state index in [9.17, 15) is 0 Å². The number of nitrogens with zero attached hydrogens (tertiary/aromatic N) is 3. The number of piperazine rings is 1. The zero-order valence-electron chi connectivity index (χ0n) is 12.6. The molecule has 0 spiro atoms. The van der Waals surface area contributed by atoms with Gasteiger partial charge in [-0.15, -0.1) is 0 Å². The second-order valence-corrected chi connectivity index (χ2v) is 6.38. The lowest BCUT2D eigenvalue weighted by Gasteiger charge is -2.48. The van der Waals surface area contributed by atoms with Crippen LogP contribution in [0.4, 0.5) is 5.82 Å². The highest BCUT2D eigenvalue weighted by molar-refractivity contribution is 5.42. The maximum absolute atomic E-state index is 5.90. The summed E-state index contributed by atoms with van der Waals surface area (Å²) >= 11 is 0. The summed E-state index contributed by atoms with van der Waals surface area (Å²) in [4.78, 5) is 9.78. The summed E-state index contributed by atoms with van der Waals surface area (Å²) in [5.41, 5.74) is 7.01. The summed E-state index contributed by atoms with van der Waals surface area (Å²) < 4.78 is 0. The standard InChI is InChI=1S/C16H26N4/c1-12-10-19-8-4-3-5-15(19)11-20(12)16-7-6-14(9-18-16)13(2)17/h6-7,9,12-13,15H,3-5,8,10-11,17H2,1-2H3/t12?,13-,15?/m1/s1. The van der Waals surface area contributed by atoms with Crippen LogP contribution >= 0.6 is 0 Å². The van der Waals surface area contributed by atoms with Gasteiger partial charge in [-0.25, -0.2) is 4.98 Å². The average molecular weight is 274 g/mol. The zero-order chi connectivity index (χ0) is 14.1. The van der Waals surface area contributed by atoms with Gasteiger partial charge < -0.3 is 10.6 Å². The molecular weight excluding hydrogens is 248 g/mol. The van der Waals surface area contributed by atoms with Crippen molar-refractivity contribution in [3.05, 3.63) is 23.9 Å². The minimum atomic E-state index is 0.0594. The molecule has 0 radical (unpaired) electrons. The van der Waals surface area contributed by atoms with Crippen molar-refractivity contribution in [1.82, 2.24) is 9.88 Å². The van der Waals surface area contributed by atoms with Gasteiger partial charge in [0.25, 0.3) is 0 Å². The van der Waals surface area contributed by atoms with Crippen molar-refractivity contribution in [2.24, 2.45) is 5.73 Å². The zero-order valence-corrected chi connectivity index (χ0v) is 12.6. The highest BCUT2D eigenvalue weighted by Gasteiger charge is 2.33. The van der Waals surface area contributed by atoms with Crippen LogP contribution in [0.1, 0.15) is 44.7 Å². The third-order valence-corrected chi connectivity index (χ3v) is 4.78. The summed E-state index contributed by atoms with van der Waals surface area (Å²) in [5.74, 6) is 1.10. The quantitative estimate of drug-likeness (QED) is 0.897. The summed E-state index contributed by atoms with van der Waals surface area (Å²) in [6, 6.07) is 5.57. The van der Waals surface area contributed by atoms with Gasteiger partial charge in [-0.05, 0) is 44.9 Å². The number of pyridine rings is 1. The third kappa shape index (κ3) is 2.67. The highest BCUT2D eigenvalue weighted by Crippen LogP contribution is 2.27. The number of aromatic nitrogens is 1. The first-order valence-corrected chi connectivity index (χ1v) is 7.87. The molecule has 2 aliphatic rings. The normalized spacial score (nSPS) is 29.1. The van der Waals surface area contributed by atoms with E-state index in [-0.39, 0.29) is 6.04 Å². The van der Waals surface area contributed by atoms with E-state index in [1.807, 2.05) is 13.1 Å². The summed E-state index contributed by atoms with van der Waals surface area (Å²) in [5, 5.41) is 0. The first kappa shape index (κ1) is 13.8. The molecule has 0 bridgehead atoms. The third-order valence-electron chi connectivity index (χ3n) is 4.78. The lowest BCUT2D eigenvalue weighted by atomic mass is 9.97. The van der Waals surface area contributed by atoms with Gasteiger partial charge in [0, 0.05) is 37.4 Å². The Kier molecular flexibility index (Phi) is 3.94. The fourth-order valence-electron chi connectivity index (χ4n) is 3.51. The molecule has 3 atom stereocenters. The molecule has 3 rings (SSSR count). The van der Waals surface area contributed by atoms with Crippen LogP contribution in [0.15, 0.2) is 18.3 Å². The molecule has 1 aromatic rings. The summed E-state index contributed by atoms with van der Waals surface area (Å²) in [6.45, 7) is 7.87. The number of anilines is 1. The number of fused-ring (bicyclic) bond motifs is 1. The Hall–Kier alpha value is -1.13. The molecule has 4 heteroatoms. The van der Waals surface area contributed by atoms with Crippen molar-refractivity contribution in [2.75, 3.05) is 24.5 Å². The van der Waals surface area contributed by atoms with E-state index < -0.39 is 0 Å². The van der Waals surface area contributed by atoms with Crippen LogP contribution in [0.2, 0.25) is 0 Å². The molecular formula is C16H26N4. The van der Waals surface area contributed by atoms with Crippen LogP contribution in [-0.4, -0.2) is 41.6 Å². The Bertz CT molecular complexity index is 442. The van der Waals surface area contributed by atoms with Crippen molar-refractivity contribution in [2.45, 2.75) is 51.2 Å². The SMILES string of the molecule is CC1CN2CCCCC2CN1c1ccc([C@@H](C)N)cn1. The van der Waals surface area contributed by atoms with E-state index in [2.05, 4.69) is 33.8 Å². The van der Waals surface area contributed by atoms with Crippen molar-refractivity contribution in [3.8, 4) is 0 Å². The highest BCUT2D eigenvalue weighted by atomic mass is 15.3. The summed E-state index contributed by atoms with van der Waals surface area (Å²) in [7, 11) is 0. The van der Waals surface area contributed by atoms with Crippen molar-refractivity contribution in [1.29, 1.82) is 0 Å². The second-order valence-electron chi connectivity index (χ2n) is 6.38. The van der Waals surface area contributed by atoms with Gasteiger partial charge in [0.15, 0.2) is 0 Å². The molecule has 0 saturated carbocycles. The van der Waals surface area contributed by atoms with Crippen molar-refractivity contribution >= 4 is 5.82 Å². The molecule has 20 heavy (non-hydrogen) atoms. The van der Waals surface area contributed by atoms with E-state index in [4.69, 9.17) is 5.73 Å². The van der Waals surface area contributed by atoms with E-state index in [0.29, 0.717) is 6.04 Å². The van der Waals surface area contributed by atoms with Gasteiger partial charge in [0.1, 0.15) is 5.82 Å². The smallest absolute Gasteiger partial charge is 0.128 e. The van der Waals surface area contributed by atoms with E-state index >= 15 is 0 Å². The molecule has 2 unspecified atom stereocenters. The first-order chi connectivity index (χ1) is 9.65. The summed E-state index contributed by atoms with van der Waals surface area (Å²) in [6.07, 6.45) is 6.01. The maximum atomic E-state index is 5.90. The molecule has 0 aliphatic carbocycles. The fraction of sp³-hybridized carbons (Fsp3) is 0.688. The Balaban J connectivity index is 1.75. The number of hydrogen-bond donors (Lipinski definition) is 1. The van der Waals surface area contributed by atoms with Gasteiger partial charge >= 0.3 is 0 Å². The van der Waals surface area contributed by atoms with Gasteiger partial charge in [-0.1, -0.05) is 12.5 Å².